The van der Waals surface area contributed by atoms with E-state index in [1.807, 2.05) is 36.4 Å². The predicted octanol–water partition coefficient (Wildman–Crippen LogP) is 4.91. The Labute approximate surface area is 213 Å². The molecule has 3 aromatic carbocycles. The Balaban J connectivity index is 0.000000336. The molecule has 1 unspecified atom stereocenters. The number of aryl methyl sites for hydroxylation is 2. The molecular weight excluding hydrogens is 620 g/mol. The molecule has 5 rings (SSSR count). The fourth-order valence-corrected chi connectivity index (χ4v) is 4.45. The minimum absolute atomic E-state index is 0.347. The van der Waals surface area contributed by atoms with Crippen molar-refractivity contribution < 1.29 is 4.42 Å². The van der Waals surface area contributed by atoms with Crippen LogP contribution in [0.5, 0.6) is 0 Å². The number of oxazole rings is 1. The molecule has 167 valence electrons. The van der Waals surface area contributed by atoms with Gasteiger partial charge in [-0.05, 0) is 6.92 Å². The Hall–Kier alpha value is -3.45. The number of hydrogen-bond acceptors (Lipinski definition) is 4. The molecule has 0 saturated heterocycles. The molecule has 0 aliphatic rings. The van der Waals surface area contributed by atoms with Crippen LogP contribution < -0.4 is 5.76 Å². The Morgan fingerprint density at radius 3 is 2.53 bits per heavy atom. The van der Waals surface area contributed by atoms with Crippen LogP contribution in [0, 0.1) is 18.3 Å². The molecular formula is C27H23N4O2Pb. The van der Waals surface area contributed by atoms with Gasteiger partial charge in [-0.15, -0.1) is 0 Å². The molecule has 3 radical (unpaired) electrons. The van der Waals surface area contributed by atoms with Gasteiger partial charge in [-0.2, -0.15) is 0 Å². The number of nitrogens with zero attached hydrogens (tertiary/aromatic N) is 3. The minimum atomic E-state index is -0.365. The third kappa shape index (κ3) is 5.37. The van der Waals surface area contributed by atoms with E-state index in [4.69, 9.17) is 4.42 Å². The van der Waals surface area contributed by atoms with Gasteiger partial charge >= 0.3 is 145 Å². The summed E-state index contributed by atoms with van der Waals surface area (Å²) in [5.74, 6) is -0.365. The second-order valence-electron chi connectivity index (χ2n) is 7.99. The van der Waals surface area contributed by atoms with Crippen molar-refractivity contribution in [1.82, 2.24) is 9.55 Å². The van der Waals surface area contributed by atoms with Gasteiger partial charge < -0.3 is 4.42 Å². The van der Waals surface area contributed by atoms with Crippen molar-refractivity contribution >= 4 is 51.5 Å². The summed E-state index contributed by atoms with van der Waals surface area (Å²) in [5.41, 5.74) is 6.72. The van der Waals surface area contributed by atoms with E-state index in [-0.39, 0.29) is 11.8 Å². The topological polar surface area (TPSA) is 87.1 Å². The van der Waals surface area contributed by atoms with E-state index in [2.05, 4.69) is 59.4 Å². The Morgan fingerprint density at radius 1 is 1.12 bits per heavy atom. The summed E-state index contributed by atoms with van der Waals surface area (Å²) >= 11 is 0.849. The summed E-state index contributed by atoms with van der Waals surface area (Å²) in [5, 5.41) is 10.3. The molecule has 7 heteroatoms. The molecule has 2 aromatic heterocycles. The van der Waals surface area contributed by atoms with Gasteiger partial charge in [0.1, 0.15) is 0 Å². The van der Waals surface area contributed by atoms with Gasteiger partial charge in [-0.25, -0.2) is 4.79 Å². The van der Waals surface area contributed by atoms with Crippen LogP contribution >= 0.6 is 0 Å². The van der Waals surface area contributed by atoms with Crippen LogP contribution in [0.4, 0.5) is 0 Å². The van der Waals surface area contributed by atoms with Crippen LogP contribution in [0.15, 0.2) is 87.0 Å². The van der Waals surface area contributed by atoms with Crippen molar-refractivity contribution in [1.29, 1.82) is 5.26 Å². The monoisotopic (exact) mass is 643 g/mol. The Kier molecular flexibility index (Phi) is 7.43. The first-order valence-electron chi connectivity index (χ1n) is 10.8. The molecule has 34 heavy (non-hydrogen) atoms. The van der Waals surface area contributed by atoms with Gasteiger partial charge in [0.15, 0.2) is 5.58 Å². The number of nitrogens with one attached hydrogen (secondary N) is 1. The molecule has 0 amide bonds. The van der Waals surface area contributed by atoms with Crippen LogP contribution in [0.3, 0.4) is 0 Å². The zero-order valence-electron chi connectivity index (χ0n) is 18.9. The zero-order valence-corrected chi connectivity index (χ0v) is 22.8. The number of aliphatic imine (C=N–C) groups is 1. The second-order valence-corrected chi connectivity index (χ2v) is 8.99. The molecule has 0 bridgehead atoms. The predicted molar refractivity (Wildman–Crippen MR) is 137 cm³/mol. The molecule has 0 spiro atoms. The van der Waals surface area contributed by atoms with Gasteiger partial charge in [0.2, 0.25) is 0 Å². The zero-order chi connectivity index (χ0) is 24.1. The first-order chi connectivity index (χ1) is 16.5. The van der Waals surface area contributed by atoms with Crippen LogP contribution in [0.2, 0.25) is 0 Å². The van der Waals surface area contributed by atoms with Crippen molar-refractivity contribution in [2.24, 2.45) is 12.0 Å². The standard InChI is InChI=1S/C20H15N4O2.C7H8.Pb/c1-22-16(11-21)10-15-7-14-4-3-12(8-17(14)23-15)13-5-6-19-18(9-13)24(2)20(25)26-19;1-7-5-3-2-4-6-7;/h1,3-9,16,23H,10H2,2H3;2-6H,1H3;. The summed E-state index contributed by atoms with van der Waals surface area (Å²) in [6.45, 7) is 2.08. The van der Waals surface area contributed by atoms with Crippen LogP contribution in [-0.4, -0.2) is 45.1 Å². The summed E-state index contributed by atoms with van der Waals surface area (Å²) in [6, 6.07) is 26.1. The van der Waals surface area contributed by atoms with Gasteiger partial charge in [0, 0.05) is 7.05 Å². The van der Waals surface area contributed by atoms with Crippen molar-refractivity contribution in [3.05, 3.63) is 94.6 Å². The molecule has 0 fully saturated rings. The van der Waals surface area contributed by atoms with Gasteiger partial charge in [-0.3, -0.25) is 4.57 Å². The maximum absolute atomic E-state index is 11.7. The maximum atomic E-state index is 11.7. The van der Waals surface area contributed by atoms with Crippen molar-refractivity contribution in [2.45, 2.75) is 19.4 Å². The molecule has 0 aliphatic heterocycles. The number of benzene rings is 3. The molecule has 5 aromatic rings. The normalized spacial score (nSPS) is 11.9. The van der Waals surface area contributed by atoms with E-state index < -0.39 is 0 Å². The number of aromatic amines is 1. The van der Waals surface area contributed by atoms with Crippen molar-refractivity contribution in [3.8, 4) is 17.2 Å². The molecule has 0 saturated carbocycles. The van der Waals surface area contributed by atoms with Gasteiger partial charge in [0.05, 0.1) is 0 Å². The van der Waals surface area contributed by atoms with E-state index >= 15 is 0 Å². The van der Waals surface area contributed by atoms with Crippen LogP contribution in [0.25, 0.3) is 33.1 Å². The first-order valence-corrected chi connectivity index (χ1v) is 13.0. The summed E-state index contributed by atoms with van der Waals surface area (Å²) in [6.07, 6.45) is 0.572. The van der Waals surface area contributed by atoms with Gasteiger partial charge in [-0.1, -0.05) is 35.9 Å². The van der Waals surface area contributed by atoms with E-state index in [1.165, 1.54) is 10.1 Å². The number of fused-ring (bicyclic) bond motifs is 2. The van der Waals surface area contributed by atoms with Crippen LogP contribution in [0.1, 0.15) is 11.3 Å². The fraction of sp³-hybridized carbons (Fsp3) is 0.148. The molecule has 1 atom stereocenters. The number of rotatable bonds is 4. The van der Waals surface area contributed by atoms with E-state index in [9.17, 15) is 10.1 Å². The van der Waals surface area contributed by atoms with E-state index in [1.54, 1.807) is 10.8 Å². The molecule has 0 aliphatic carbocycles. The third-order valence-electron chi connectivity index (χ3n) is 5.56. The molecule has 1 N–H and O–H groups in total. The number of aromatic nitrogens is 2. The van der Waals surface area contributed by atoms with Crippen molar-refractivity contribution in [2.75, 3.05) is 0 Å². The summed E-state index contributed by atoms with van der Waals surface area (Å²) in [7, 11) is 1.70. The van der Waals surface area contributed by atoms with Gasteiger partial charge in [0.25, 0.3) is 0 Å². The van der Waals surface area contributed by atoms with E-state index in [0.717, 1.165) is 59.0 Å². The molecule has 2 heterocycles. The van der Waals surface area contributed by atoms with Crippen LogP contribution in [-0.2, 0) is 13.5 Å². The number of nitriles is 1. The van der Waals surface area contributed by atoms with Crippen molar-refractivity contribution in [3.63, 3.8) is 0 Å². The molecule has 6 nitrogen and oxygen atoms in total. The quantitative estimate of drug-likeness (QED) is 0.224. The Bertz CT molecular complexity index is 1550. The fourth-order valence-electron chi connectivity index (χ4n) is 3.75. The average Bonchev–Trinajstić information content (AvgIpc) is 3.38. The van der Waals surface area contributed by atoms with E-state index in [0.29, 0.717) is 12.0 Å². The second kappa shape index (κ2) is 10.7. The average molecular weight is 643 g/mol. The number of H-pyrrole nitrogens is 1. The first kappa shape index (κ1) is 23.7. The SMILES string of the molecule is Cc1ccccc1.Cn1c(=O)oc2ccc(-c3ccc4cc(CC(C#N)N=[CH][Pb])[nH]c4c3)cc21. The Morgan fingerprint density at radius 2 is 1.85 bits per heavy atom. The summed E-state index contributed by atoms with van der Waals surface area (Å²) in [4.78, 5) is 19.3. The third-order valence-corrected chi connectivity index (χ3v) is 6.14. The number of hydrogen-bond donors (Lipinski definition) is 1. The summed E-state index contributed by atoms with van der Waals surface area (Å²) < 4.78 is 8.50.